The summed E-state index contributed by atoms with van der Waals surface area (Å²) in [5.74, 6) is 0.837. The Bertz CT molecular complexity index is 229. The van der Waals surface area contributed by atoms with Gasteiger partial charge in [0.05, 0.1) is 4.92 Å². The average Bonchev–Trinajstić information content (AvgIpc) is 2.04. The van der Waals surface area contributed by atoms with E-state index in [0.717, 1.165) is 18.4 Å². The molecule has 6 heteroatoms. The van der Waals surface area contributed by atoms with Crippen LogP contribution in [0.1, 0.15) is 6.42 Å². The van der Waals surface area contributed by atoms with Gasteiger partial charge in [-0.2, -0.15) is 0 Å². The Morgan fingerprint density at radius 3 is 3.00 bits per heavy atom. The maximum absolute atomic E-state index is 10.4. The highest BCUT2D eigenvalue weighted by molar-refractivity contribution is 8.03. The van der Waals surface area contributed by atoms with Crippen molar-refractivity contribution >= 4 is 18.2 Å². The SMILES string of the molecule is O=CN1CCCS/C1=C/[N+](=O)[O-]. The number of nitrogens with zero attached hydrogens (tertiary/aromatic N) is 2. The standard InChI is InChI=1S/C6H8N2O3S/c9-5-7-2-1-3-12-6(7)4-8(10)11/h4-5H,1-3H2/b6-4+. The fourth-order valence-corrected chi connectivity index (χ4v) is 1.85. The molecule has 0 saturated carbocycles. The van der Waals surface area contributed by atoms with Gasteiger partial charge in [-0.05, 0) is 6.42 Å². The molecule has 0 bridgehead atoms. The van der Waals surface area contributed by atoms with Crippen LogP contribution < -0.4 is 0 Å². The highest BCUT2D eigenvalue weighted by Crippen LogP contribution is 2.24. The van der Waals surface area contributed by atoms with Crippen molar-refractivity contribution < 1.29 is 9.72 Å². The van der Waals surface area contributed by atoms with Crippen LogP contribution in [0.5, 0.6) is 0 Å². The summed E-state index contributed by atoms with van der Waals surface area (Å²) in [6, 6.07) is 0. The molecule has 0 atom stereocenters. The molecule has 0 aromatic rings. The molecule has 1 aliphatic rings. The highest BCUT2D eigenvalue weighted by atomic mass is 32.2. The number of carbonyl (C=O) groups is 1. The van der Waals surface area contributed by atoms with Gasteiger partial charge >= 0.3 is 0 Å². The first-order valence-corrected chi connectivity index (χ1v) is 4.42. The predicted octanol–water partition coefficient (Wildman–Crippen LogP) is 0.657. The van der Waals surface area contributed by atoms with E-state index in [1.165, 1.54) is 16.7 Å². The van der Waals surface area contributed by atoms with E-state index in [2.05, 4.69) is 0 Å². The van der Waals surface area contributed by atoms with Crippen molar-refractivity contribution in [1.29, 1.82) is 0 Å². The van der Waals surface area contributed by atoms with Crippen LogP contribution >= 0.6 is 11.8 Å². The molecule has 0 aliphatic carbocycles. The molecule has 0 N–H and O–H groups in total. The predicted molar refractivity (Wildman–Crippen MR) is 44.9 cm³/mol. The number of hydrogen-bond donors (Lipinski definition) is 0. The Morgan fingerprint density at radius 2 is 2.42 bits per heavy atom. The van der Waals surface area contributed by atoms with Crippen LogP contribution in [-0.4, -0.2) is 28.5 Å². The van der Waals surface area contributed by atoms with Gasteiger partial charge in [0.2, 0.25) is 6.41 Å². The molecule has 0 aromatic carbocycles. The lowest BCUT2D eigenvalue weighted by molar-refractivity contribution is -0.403. The molecular weight excluding hydrogens is 180 g/mol. The van der Waals surface area contributed by atoms with Crippen LogP contribution in [-0.2, 0) is 4.79 Å². The van der Waals surface area contributed by atoms with Crippen molar-refractivity contribution in [3.05, 3.63) is 21.3 Å². The van der Waals surface area contributed by atoms with Crippen molar-refractivity contribution in [2.75, 3.05) is 12.3 Å². The lowest BCUT2D eigenvalue weighted by Gasteiger charge is -2.22. The maximum Gasteiger partial charge on any atom is 0.264 e. The van der Waals surface area contributed by atoms with Crippen LogP contribution in [0.3, 0.4) is 0 Å². The molecule has 1 aliphatic heterocycles. The van der Waals surface area contributed by atoms with Crippen LogP contribution in [0.4, 0.5) is 0 Å². The molecule has 1 rings (SSSR count). The second kappa shape index (κ2) is 4.10. The average molecular weight is 188 g/mol. The maximum atomic E-state index is 10.4. The number of hydrogen-bond acceptors (Lipinski definition) is 4. The third kappa shape index (κ3) is 2.23. The summed E-state index contributed by atoms with van der Waals surface area (Å²) in [6.07, 6.45) is 2.39. The Kier molecular flexibility index (Phi) is 3.09. The fraction of sp³-hybridized carbons (Fsp3) is 0.500. The van der Waals surface area contributed by atoms with Gasteiger partial charge in [0.15, 0.2) is 0 Å². The minimum absolute atomic E-state index is 0.432. The summed E-state index contributed by atoms with van der Waals surface area (Å²) in [4.78, 5) is 21.3. The molecule has 0 aromatic heterocycles. The molecule has 1 fully saturated rings. The number of rotatable bonds is 2. The van der Waals surface area contributed by atoms with Gasteiger partial charge in [0.1, 0.15) is 5.03 Å². The molecule has 66 valence electrons. The quantitative estimate of drug-likeness (QED) is 0.362. The molecule has 1 saturated heterocycles. The molecule has 12 heavy (non-hydrogen) atoms. The summed E-state index contributed by atoms with van der Waals surface area (Å²) in [7, 11) is 0. The van der Waals surface area contributed by atoms with Crippen molar-refractivity contribution in [2.45, 2.75) is 6.42 Å². The van der Waals surface area contributed by atoms with Gasteiger partial charge in [0.25, 0.3) is 6.20 Å². The second-order valence-electron chi connectivity index (χ2n) is 2.25. The van der Waals surface area contributed by atoms with Gasteiger partial charge in [0, 0.05) is 12.3 Å². The Hall–Kier alpha value is -1.04. The van der Waals surface area contributed by atoms with E-state index in [-0.39, 0.29) is 0 Å². The zero-order valence-corrected chi connectivity index (χ0v) is 7.12. The van der Waals surface area contributed by atoms with Crippen molar-refractivity contribution in [3.8, 4) is 0 Å². The van der Waals surface area contributed by atoms with Gasteiger partial charge in [-0.15, -0.1) is 11.8 Å². The van der Waals surface area contributed by atoms with Crippen molar-refractivity contribution in [3.63, 3.8) is 0 Å². The van der Waals surface area contributed by atoms with Gasteiger partial charge < -0.3 is 4.90 Å². The van der Waals surface area contributed by atoms with Gasteiger partial charge in [-0.1, -0.05) is 0 Å². The fourth-order valence-electron chi connectivity index (χ4n) is 0.911. The van der Waals surface area contributed by atoms with Crippen LogP contribution in [0.15, 0.2) is 11.2 Å². The first kappa shape index (κ1) is 9.05. The van der Waals surface area contributed by atoms with Crippen molar-refractivity contribution in [2.24, 2.45) is 0 Å². The monoisotopic (exact) mass is 188 g/mol. The highest BCUT2D eigenvalue weighted by Gasteiger charge is 2.17. The zero-order valence-electron chi connectivity index (χ0n) is 6.30. The smallest absolute Gasteiger partial charge is 0.264 e. The molecule has 0 unspecified atom stereocenters. The molecular formula is C6H8N2O3S. The van der Waals surface area contributed by atoms with E-state index < -0.39 is 4.92 Å². The van der Waals surface area contributed by atoms with Crippen molar-refractivity contribution in [1.82, 2.24) is 4.90 Å². The van der Waals surface area contributed by atoms with Crippen LogP contribution in [0, 0.1) is 10.1 Å². The molecule has 0 spiro atoms. The van der Waals surface area contributed by atoms with E-state index in [9.17, 15) is 14.9 Å². The van der Waals surface area contributed by atoms with Crippen LogP contribution in [0.2, 0.25) is 0 Å². The summed E-state index contributed by atoms with van der Waals surface area (Å²) < 4.78 is 0. The Morgan fingerprint density at radius 1 is 1.67 bits per heavy atom. The van der Waals surface area contributed by atoms with E-state index in [0.29, 0.717) is 18.0 Å². The van der Waals surface area contributed by atoms with E-state index in [1.54, 1.807) is 0 Å². The minimum atomic E-state index is -0.538. The molecule has 0 radical (unpaired) electrons. The number of thioether (sulfide) groups is 1. The summed E-state index contributed by atoms with van der Waals surface area (Å²) >= 11 is 1.34. The third-order valence-corrected chi connectivity index (χ3v) is 2.55. The molecule has 5 nitrogen and oxygen atoms in total. The third-order valence-electron chi connectivity index (χ3n) is 1.42. The Labute approximate surface area is 73.6 Å². The first-order chi connectivity index (χ1) is 5.74. The zero-order chi connectivity index (χ0) is 8.97. The molecule has 1 heterocycles. The number of nitro groups is 1. The van der Waals surface area contributed by atoms with E-state index >= 15 is 0 Å². The largest absolute Gasteiger partial charge is 0.304 e. The lowest BCUT2D eigenvalue weighted by atomic mass is 10.4. The lowest BCUT2D eigenvalue weighted by Crippen LogP contribution is -2.25. The van der Waals surface area contributed by atoms with Crippen LogP contribution in [0.25, 0.3) is 0 Å². The summed E-state index contributed by atoms with van der Waals surface area (Å²) in [5, 5.41) is 10.5. The summed E-state index contributed by atoms with van der Waals surface area (Å²) in [6.45, 7) is 0.580. The van der Waals surface area contributed by atoms with E-state index in [4.69, 9.17) is 0 Å². The second-order valence-corrected chi connectivity index (χ2v) is 3.37. The molecule has 1 amide bonds. The number of carbonyl (C=O) groups excluding carboxylic acids is 1. The normalized spacial score (nSPS) is 21.0. The minimum Gasteiger partial charge on any atom is -0.304 e. The first-order valence-electron chi connectivity index (χ1n) is 3.44. The Balaban J connectivity index is 2.70. The summed E-state index contributed by atoms with van der Waals surface area (Å²) in [5.41, 5.74) is 0. The topological polar surface area (TPSA) is 63.5 Å². The van der Waals surface area contributed by atoms with E-state index in [1.807, 2.05) is 0 Å². The van der Waals surface area contributed by atoms with Gasteiger partial charge in [-0.3, -0.25) is 14.9 Å². The number of amides is 1. The van der Waals surface area contributed by atoms with Gasteiger partial charge in [-0.25, -0.2) is 0 Å².